The molecule has 0 unspecified atom stereocenters. The molecule has 3 rings (SSSR count). The summed E-state index contributed by atoms with van der Waals surface area (Å²) in [7, 11) is 0. The number of rotatable bonds is 2. The van der Waals surface area contributed by atoms with Crippen LogP contribution in [0.4, 0.5) is 10.8 Å². The van der Waals surface area contributed by atoms with Gasteiger partial charge in [-0.3, -0.25) is 10.1 Å². The maximum atomic E-state index is 12.2. The minimum absolute atomic E-state index is 0. The highest BCUT2D eigenvalue weighted by Gasteiger charge is 2.17. The third-order valence-corrected chi connectivity index (χ3v) is 3.53. The molecule has 0 bridgehead atoms. The van der Waals surface area contributed by atoms with Gasteiger partial charge in [0.2, 0.25) is 5.13 Å². The van der Waals surface area contributed by atoms with Gasteiger partial charge < -0.3 is 5.32 Å². The average Bonchev–Trinajstić information content (AvgIpc) is 2.91. The Morgan fingerprint density at radius 2 is 2.32 bits per heavy atom. The van der Waals surface area contributed by atoms with Crippen LogP contribution in [0.1, 0.15) is 22.3 Å². The Morgan fingerprint density at radius 1 is 1.42 bits per heavy atom. The number of anilines is 2. The third-order valence-electron chi connectivity index (χ3n) is 2.92. The van der Waals surface area contributed by atoms with Crippen LogP contribution in [0, 0.1) is 0 Å². The number of nitrogens with one attached hydrogen (secondary N) is 2. The number of fused-ring (bicyclic) bond motifs is 1. The van der Waals surface area contributed by atoms with Crippen LogP contribution < -0.4 is 10.6 Å². The van der Waals surface area contributed by atoms with Crippen LogP contribution in [0.25, 0.3) is 0 Å². The minimum Gasteiger partial charge on any atom is -0.385 e. The standard InChI is InChI=1S/C12H12N4OS.ClH/c17-11(15-12-16-14-7-18-12)9-3-1-5-10-8(9)4-2-6-13-10;/h1,3,5,7,13H,2,4,6H2,(H,15,16,17);1H. The quantitative estimate of drug-likeness (QED) is 0.894. The van der Waals surface area contributed by atoms with E-state index in [4.69, 9.17) is 0 Å². The Bertz CT molecular complexity index is 573. The zero-order chi connectivity index (χ0) is 12.4. The van der Waals surface area contributed by atoms with Gasteiger partial charge in [-0.25, -0.2) is 0 Å². The summed E-state index contributed by atoms with van der Waals surface area (Å²) in [5.41, 5.74) is 4.46. The predicted molar refractivity (Wildman–Crippen MR) is 78.4 cm³/mol. The number of halogens is 1. The van der Waals surface area contributed by atoms with Crippen molar-refractivity contribution in [2.24, 2.45) is 0 Å². The molecule has 1 aromatic carbocycles. The summed E-state index contributed by atoms with van der Waals surface area (Å²) < 4.78 is 0. The molecule has 1 amide bonds. The predicted octanol–water partition coefficient (Wildman–Crippen LogP) is 2.57. The second-order valence-electron chi connectivity index (χ2n) is 4.06. The van der Waals surface area contributed by atoms with Crippen LogP contribution in [0.15, 0.2) is 23.7 Å². The fourth-order valence-electron chi connectivity index (χ4n) is 2.11. The zero-order valence-electron chi connectivity index (χ0n) is 10.0. The SMILES string of the molecule is Cl.O=C(Nc1nncs1)c1cccc2c1CCCN2. The monoisotopic (exact) mass is 296 g/mol. The maximum Gasteiger partial charge on any atom is 0.257 e. The van der Waals surface area contributed by atoms with Crippen LogP contribution in [0.2, 0.25) is 0 Å². The van der Waals surface area contributed by atoms with Crippen LogP contribution in [0.5, 0.6) is 0 Å². The molecule has 2 aromatic rings. The number of benzene rings is 1. The Hall–Kier alpha value is -1.66. The molecule has 0 saturated heterocycles. The first-order valence-electron chi connectivity index (χ1n) is 5.78. The highest BCUT2D eigenvalue weighted by atomic mass is 35.5. The summed E-state index contributed by atoms with van der Waals surface area (Å²) in [6, 6.07) is 5.75. The molecule has 5 nitrogen and oxygen atoms in total. The lowest BCUT2D eigenvalue weighted by atomic mass is 9.97. The van der Waals surface area contributed by atoms with Crippen LogP contribution in [0.3, 0.4) is 0 Å². The van der Waals surface area contributed by atoms with Crippen molar-refractivity contribution in [1.29, 1.82) is 0 Å². The summed E-state index contributed by atoms with van der Waals surface area (Å²) in [6.45, 7) is 0.967. The van der Waals surface area contributed by atoms with E-state index in [1.54, 1.807) is 5.51 Å². The second-order valence-corrected chi connectivity index (χ2v) is 4.89. The van der Waals surface area contributed by atoms with Gasteiger partial charge in [-0.2, -0.15) is 0 Å². The van der Waals surface area contributed by atoms with Crippen molar-refractivity contribution in [3.63, 3.8) is 0 Å². The maximum absolute atomic E-state index is 12.2. The van der Waals surface area contributed by atoms with Crippen molar-refractivity contribution in [2.45, 2.75) is 12.8 Å². The summed E-state index contributed by atoms with van der Waals surface area (Å²) in [4.78, 5) is 12.2. The normalized spacial score (nSPS) is 12.8. The summed E-state index contributed by atoms with van der Waals surface area (Å²) in [5, 5.41) is 14.1. The molecule has 0 aliphatic carbocycles. The van der Waals surface area contributed by atoms with Crippen LogP contribution in [-0.4, -0.2) is 22.6 Å². The molecule has 0 radical (unpaired) electrons. The van der Waals surface area contributed by atoms with Crippen LogP contribution >= 0.6 is 23.7 Å². The number of nitrogens with zero attached hydrogens (tertiary/aromatic N) is 2. The summed E-state index contributed by atoms with van der Waals surface area (Å²) in [6.07, 6.45) is 1.98. The van der Waals surface area contributed by atoms with Gasteiger partial charge in [-0.15, -0.1) is 22.6 Å². The number of hydrogen-bond acceptors (Lipinski definition) is 5. The van der Waals surface area contributed by atoms with Crippen molar-refractivity contribution < 1.29 is 4.79 Å². The number of carbonyl (C=O) groups excluding carboxylic acids is 1. The van der Waals surface area contributed by atoms with Gasteiger partial charge in [0, 0.05) is 17.8 Å². The van der Waals surface area contributed by atoms with Gasteiger partial charge in [0.25, 0.3) is 5.91 Å². The Labute approximate surface area is 120 Å². The first-order valence-corrected chi connectivity index (χ1v) is 6.66. The molecule has 0 spiro atoms. The zero-order valence-corrected chi connectivity index (χ0v) is 11.7. The van der Waals surface area contributed by atoms with E-state index in [0.29, 0.717) is 5.13 Å². The van der Waals surface area contributed by atoms with E-state index in [1.165, 1.54) is 11.3 Å². The molecular weight excluding hydrogens is 284 g/mol. The summed E-state index contributed by atoms with van der Waals surface area (Å²) in [5.74, 6) is -0.118. The fourth-order valence-corrected chi connectivity index (χ4v) is 2.55. The van der Waals surface area contributed by atoms with Gasteiger partial charge in [0.15, 0.2) is 0 Å². The molecule has 7 heteroatoms. The molecular formula is C12H13ClN4OS. The van der Waals surface area contributed by atoms with Crippen molar-refractivity contribution in [3.05, 3.63) is 34.8 Å². The van der Waals surface area contributed by atoms with E-state index in [1.807, 2.05) is 18.2 Å². The van der Waals surface area contributed by atoms with E-state index in [-0.39, 0.29) is 18.3 Å². The topological polar surface area (TPSA) is 66.9 Å². The van der Waals surface area contributed by atoms with Crippen LogP contribution in [-0.2, 0) is 6.42 Å². The highest BCUT2D eigenvalue weighted by molar-refractivity contribution is 7.13. The van der Waals surface area contributed by atoms with E-state index in [9.17, 15) is 4.79 Å². The molecule has 2 heterocycles. The largest absolute Gasteiger partial charge is 0.385 e. The van der Waals surface area contributed by atoms with Gasteiger partial charge in [0.05, 0.1) is 0 Å². The van der Waals surface area contributed by atoms with Crippen molar-refractivity contribution in [3.8, 4) is 0 Å². The molecule has 1 aromatic heterocycles. The van der Waals surface area contributed by atoms with E-state index in [2.05, 4.69) is 20.8 Å². The molecule has 0 fully saturated rings. The number of carbonyl (C=O) groups is 1. The molecule has 2 N–H and O–H groups in total. The Balaban J connectivity index is 0.00000133. The molecule has 0 atom stereocenters. The van der Waals surface area contributed by atoms with Gasteiger partial charge in [-0.05, 0) is 30.5 Å². The molecule has 19 heavy (non-hydrogen) atoms. The first-order chi connectivity index (χ1) is 8.84. The smallest absolute Gasteiger partial charge is 0.257 e. The van der Waals surface area contributed by atoms with Gasteiger partial charge in [0.1, 0.15) is 5.51 Å². The second kappa shape index (κ2) is 5.99. The van der Waals surface area contributed by atoms with Crippen molar-refractivity contribution >= 4 is 40.5 Å². The highest BCUT2D eigenvalue weighted by Crippen LogP contribution is 2.26. The third kappa shape index (κ3) is 2.85. The molecule has 0 saturated carbocycles. The van der Waals surface area contributed by atoms with E-state index < -0.39 is 0 Å². The number of aromatic nitrogens is 2. The van der Waals surface area contributed by atoms with Gasteiger partial charge >= 0.3 is 0 Å². The lowest BCUT2D eigenvalue weighted by molar-refractivity contribution is 0.102. The van der Waals surface area contributed by atoms with Crippen molar-refractivity contribution in [2.75, 3.05) is 17.2 Å². The Morgan fingerprint density at radius 3 is 3.11 bits per heavy atom. The number of amides is 1. The first kappa shape index (κ1) is 13.8. The van der Waals surface area contributed by atoms with Gasteiger partial charge in [-0.1, -0.05) is 17.4 Å². The Kier molecular flexibility index (Phi) is 4.34. The molecule has 1 aliphatic rings. The number of hydrogen-bond donors (Lipinski definition) is 2. The lowest BCUT2D eigenvalue weighted by Crippen LogP contribution is -2.19. The molecule has 1 aliphatic heterocycles. The van der Waals surface area contributed by atoms with E-state index in [0.717, 1.165) is 36.2 Å². The average molecular weight is 297 g/mol. The fraction of sp³-hybridized carbons (Fsp3) is 0.250. The molecule has 100 valence electrons. The minimum atomic E-state index is -0.118. The van der Waals surface area contributed by atoms with E-state index >= 15 is 0 Å². The van der Waals surface area contributed by atoms with Crippen molar-refractivity contribution in [1.82, 2.24) is 10.2 Å². The summed E-state index contributed by atoms with van der Waals surface area (Å²) >= 11 is 1.31. The lowest BCUT2D eigenvalue weighted by Gasteiger charge is -2.20.